The maximum Gasteiger partial charge on any atom is 0.412 e. The highest BCUT2D eigenvalue weighted by atomic mass is 79.9. The average Bonchev–Trinajstić information content (AvgIpc) is 2.96. The highest BCUT2D eigenvalue weighted by Crippen LogP contribution is 2.40. The molecule has 10 heteroatoms. The lowest BCUT2D eigenvalue weighted by atomic mass is 9.99. The first-order chi connectivity index (χ1) is 19.4. The molecule has 0 heterocycles. The number of para-hydroxylation sites is 1. The fourth-order valence-electron chi connectivity index (χ4n) is 4.17. The second-order valence-electron chi connectivity index (χ2n) is 8.73. The van der Waals surface area contributed by atoms with E-state index in [0.717, 1.165) is 10.8 Å². The molecular formula is C30H26Br2N2O6. The van der Waals surface area contributed by atoms with Gasteiger partial charge in [0.05, 0.1) is 10.2 Å². The number of halogens is 2. The Kier molecular flexibility index (Phi) is 10.2. The first-order valence-corrected chi connectivity index (χ1v) is 13.9. The Morgan fingerprint density at radius 1 is 0.950 bits per heavy atom. The summed E-state index contributed by atoms with van der Waals surface area (Å²) < 4.78 is 13.3. The van der Waals surface area contributed by atoms with E-state index in [1.807, 2.05) is 54.6 Å². The number of phenolic OH excluding ortho intramolecular Hbond substituents is 1. The van der Waals surface area contributed by atoms with Gasteiger partial charge in [0.25, 0.3) is 5.91 Å². The van der Waals surface area contributed by atoms with E-state index < -0.39 is 24.2 Å². The number of benzene rings is 4. The van der Waals surface area contributed by atoms with E-state index in [1.165, 1.54) is 6.08 Å². The van der Waals surface area contributed by atoms with Crippen LogP contribution < -0.4 is 15.5 Å². The fourth-order valence-corrected chi connectivity index (χ4v) is 5.42. The van der Waals surface area contributed by atoms with Crippen LogP contribution in [0.25, 0.3) is 10.8 Å². The van der Waals surface area contributed by atoms with Crippen molar-refractivity contribution in [3.05, 3.63) is 112 Å². The van der Waals surface area contributed by atoms with Crippen LogP contribution in [0.5, 0.6) is 11.5 Å². The molecule has 0 aliphatic carbocycles. The molecule has 0 unspecified atom stereocenters. The summed E-state index contributed by atoms with van der Waals surface area (Å²) in [5, 5.41) is 24.4. The number of ether oxygens (including phenoxy) is 2. The lowest BCUT2D eigenvalue weighted by molar-refractivity contribution is -0.124. The topological polar surface area (TPSA) is 117 Å². The Morgan fingerprint density at radius 3 is 2.45 bits per heavy atom. The van der Waals surface area contributed by atoms with Crippen molar-refractivity contribution in [3.8, 4) is 11.5 Å². The molecule has 2 amide bonds. The maximum atomic E-state index is 13.3. The molecule has 2 atom stereocenters. The van der Waals surface area contributed by atoms with Gasteiger partial charge in [-0.3, -0.25) is 15.3 Å². The molecule has 0 aliphatic heterocycles. The second kappa shape index (κ2) is 14.0. The average molecular weight is 670 g/mol. The predicted octanol–water partition coefficient (Wildman–Crippen LogP) is 7.65. The molecule has 0 aromatic heterocycles. The van der Waals surface area contributed by atoms with Gasteiger partial charge in [-0.1, -0.05) is 76.6 Å². The van der Waals surface area contributed by atoms with Gasteiger partial charge in [0, 0.05) is 21.5 Å². The minimum absolute atomic E-state index is 0.108. The smallest absolute Gasteiger partial charge is 0.412 e. The van der Waals surface area contributed by atoms with Gasteiger partial charge in [0.2, 0.25) is 0 Å². The minimum atomic E-state index is -1.07. The van der Waals surface area contributed by atoms with Crippen molar-refractivity contribution in [1.29, 1.82) is 0 Å². The molecule has 40 heavy (non-hydrogen) atoms. The van der Waals surface area contributed by atoms with Crippen LogP contribution in [0.1, 0.15) is 24.5 Å². The van der Waals surface area contributed by atoms with Gasteiger partial charge >= 0.3 is 6.09 Å². The molecule has 0 radical (unpaired) electrons. The van der Waals surface area contributed by atoms with Crippen molar-refractivity contribution >= 4 is 60.3 Å². The SMILES string of the molecule is O=C(/C=C/CC[C@@H](Oc1ccccc1)[C@H](OC(=O)Nc1cccc2ccccc12)c1cc(Br)cc(Br)c1O)NO. The number of carbonyl (C=O) groups excluding carboxylic acids is 2. The largest absolute Gasteiger partial charge is 0.506 e. The van der Waals surface area contributed by atoms with Crippen LogP contribution in [0, 0.1) is 0 Å². The number of phenols is 1. The number of nitrogens with one attached hydrogen (secondary N) is 2. The van der Waals surface area contributed by atoms with Gasteiger partial charge in [0.1, 0.15) is 17.6 Å². The number of aromatic hydroxyl groups is 1. The van der Waals surface area contributed by atoms with Gasteiger partial charge in [0.15, 0.2) is 6.10 Å². The number of fused-ring (bicyclic) bond motifs is 1. The van der Waals surface area contributed by atoms with E-state index >= 15 is 0 Å². The molecular weight excluding hydrogens is 644 g/mol. The van der Waals surface area contributed by atoms with Gasteiger partial charge in [-0.05, 0) is 64.5 Å². The Labute approximate surface area is 247 Å². The molecule has 8 nitrogen and oxygen atoms in total. The predicted molar refractivity (Wildman–Crippen MR) is 159 cm³/mol. The molecule has 4 N–H and O–H groups in total. The summed E-state index contributed by atoms with van der Waals surface area (Å²) >= 11 is 6.81. The minimum Gasteiger partial charge on any atom is -0.506 e. The number of anilines is 1. The second-order valence-corrected chi connectivity index (χ2v) is 10.5. The third-order valence-corrected chi connectivity index (χ3v) is 7.05. The van der Waals surface area contributed by atoms with E-state index in [1.54, 1.807) is 41.9 Å². The number of hydrogen-bond acceptors (Lipinski definition) is 6. The lowest BCUT2D eigenvalue weighted by Gasteiger charge is -2.29. The van der Waals surface area contributed by atoms with Crippen molar-refractivity contribution < 1.29 is 29.4 Å². The molecule has 206 valence electrons. The highest BCUT2D eigenvalue weighted by molar-refractivity contribution is 9.11. The van der Waals surface area contributed by atoms with Crippen LogP contribution in [0.2, 0.25) is 0 Å². The number of rotatable bonds is 10. The van der Waals surface area contributed by atoms with Gasteiger partial charge in [-0.25, -0.2) is 10.3 Å². The van der Waals surface area contributed by atoms with Crippen LogP contribution in [-0.2, 0) is 9.53 Å². The molecule has 0 aliphatic rings. The zero-order valence-electron chi connectivity index (χ0n) is 21.1. The van der Waals surface area contributed by atoms with Crippen LogP contribution in [0.3, 0.4) is 0 Å². The summed E-state index contributed by atoms with van der Waals surface area (Å²) in [5.74, 6) is -0.249. The monoisotopic (exact) mass is 668 g/mol. The third kappa shape index (κ3) is 7.62. The molecule has 0 saturated heterocycles. The van der Waals surface area contributed by atoms with E-state index in [9.17, 15) is 14.7 Å². The summed E-state index contributed by atoms with van der Waals surface area (Å²) in [5.41, 5.74) is 2.43. The third-order valence-electron chi connectivity index (χ3n) is 5.99. The van der Waals surface area contributed by atoms with Crippen molar-refractivity contribution in [2.75, 3.05) is 5.32 Å². The molecule has 4 aromatic carbocycles. The molecule has 0 spiro atoms. The first kappa shape index (κ1) is 29.1. The van der Waals surface area contributed by atoms with E-state index in [4.69, 9.17) is 14.7 Å². The zero-order valence-corrected chi connectivity index (χ0v) is 24.3. The van der Waals surface area contributed by atoms with Crippen LogP contribution >= 0.6 is 31.9 Å². The Balaban J connectivity index is 1.69. The lowest BCUT2D eigenvalue weighted by Crippen LogP contribution is -2.31. The highest BCUT2D eigenvalue weighted by Gasteiger charge is 2.32. The Bertz CT molecular complexity index is 1510. The van der Waals surface area contributed by atoms with E-state index in [2.05, 4.69) is 37.2 Å². The standard InChI is InChI=1S/C30H26Br2N2O6/c31-20-17-23(28(36)24(32)18-20)29(40-30(37)33-25-14-8-10-19-9-4-5-13-22(19)25)26(15-6-7-16-27(35)34-38)39-21-11-2-1-3-12-21/h1-5,7-14,16-18,26,29,36,38H,6,15H2,(H,33,37)(H,34,35)/b16-7+/t26-,29-/m1/s1. The normalized spacial score (nSPS) is 12.6. The number of allylic oxidation sites excluding steroid dienone is 1. The molecule has 0 bridgehead atoms. The van der Waals surface area contributed by atoms with E-state index in [0.29, 0.717) is 38.8 Å². The van der Waals surface area contributed by atoms with Gasteiger partial charge in [-0.2, -0.15) is 0 Å². The zero-order chi connectivity index (χ0) is 28.5. The molecule has 0 saturated carbocycles. The van der Waals surface area contributed by atoms with Crippen molar-refractivity contribution in [3.63, 3.8) is 0 Å². The van der Waals surface area contributed by atoms with Gasteiger partial charge in [-0.15, -0.1) is 0 Å². The van der Waals surface area contributed by atoms with Crippen LogP contribution in [0.4, 0.5) is 10.5 Å². The van der Waals surface area contributed by atoms with Crippen LogP contribution in [-0.4, -0.2) is 28.4 Å². The fraction of sp³-hybridized carbons (Fsp3) is 0.133. The summed E-state index contributed by atoms with van der Waals surface area (Å²) in [6.45, 7) is 0. The number of hydroxylamine groups is 1. The Morgan fingerprint density at radius 2 is 1.68 bits per heavy atom. The van der Waals surface area contributed by atoms with Gasteiger partial charge < -0.3 is 14.6 Å². The van der Waals surface area contributed by atoms with Crippen LogP contribution in [0.15, 0.2) is 106 Å². The summed E-state index contributed by atoms with van der Waals surface area (Å²) in [6, 6.07) is 25.5. The quantitative estimate of drug-likeness (QED) is 0.0783. The number of amides is 2. The number of hydrogen-bond donors (Lipinski definition) is 4. The van der Waals surface area contributed by atoms with Crippen molar-refractivity contribution in [1.82, 2.24) is 5.48 Å². The maximum absolute atomic E-state index is 13.3. The van der Waals surface area contributed by atoms with Crippen molar-refractivity contribution in [2.45, 2.75) is 25.0 Å². The summed E-state index contributed by atoms with van der Waals surface area (Å²) in [6.07, 6.45) is 0.797. The summed E-state index contributed by atoms with van der Waals surface area (Å²) in [7, 11) is 0. The summed E-state index contributed by atoms with van der Waals surface area (Å²) in [4.78, 5) is 24.8. The van der Waals surface area contributed by atoms with Crippen molar-refractivity contribution in [2.24, 2.45) is 0 Å². The molecule has 0 fully saturated rings. The Hall–Kier alpha value is -3.86. The molecule has 4 rings (SSSR count). The molecule has 4 aromatic rings. The first-order valence-electron chi connectivity index (χ1n) is 12.3. The number of carbonyl (C=O) groups is 2. The van der Waals surface area contributed by atoms with E-state index in [-0.39, 0.29) is 5.75 Å².